The van der Waals surface area contributed by atoms with Gasteiger partial charge in [-0.2, -0.15) is 0 Å². The maximum absolute atomic E-state index is 13.2. The quantitative estimate of drug-likeness (QED) is 0.111. The molecule has 1 saturated heterocycles. The van der Waals surface area contributed by atoms with E-state index in [0.717, 1.165) is 21.7 Å². The zero-order chi connectivity index (χ0) is 27.5. The van der Waals surface area contributed by atoms with Crippen LogP contribution in [0, 0.1) is 19.8 Å². The highest BCUT2D eigenvalue weighted by atomic mass is 35.5. The van der Waals surface area contributed by atoms with E-state index in [1.807, 2.05) is 32.0 Å². The molecular formula is C27H18Cl4N2O5. The van der Waals surface area contributed by atoms with Gasteiger partial charge in [-0.05, 0) is 37.6 Å². The van der Waals surface area contributed by atoms with Crippen molar-refractivity contribution < 1.29 is 23.9 Å². The fourth-order valence-corrected chi connectivity index (χ4v) is 5.69. The number of esters is 1. The van der Waals surface area contributed by atoms with Crippen molar-refractivity contribution in [2.75, 3.05) is 16.3 Å². The minimum atomic E-state index is -0.746. The molecule has 0 aromatic heterocycles. The Morgan fingerprint density at radius 3 is 2.11 bits per heavy atom. The van der Waals surface area contributed by atoms with E-state index in [1.165, 1.54) is 24.3 Å². The standard InChI is InChI=1S/C27H18Cl4N2O5/c1-12-6-7-17(13(2)8-12)32-11-14(9-18(32)34)27(37)38-16-5-3-4-15(10-16)33-25(35)19-20(26(33)36)22(29)24(31)23(30)21(19)28/h3-8,10,14H,9,11H2,1-2H3/t14-/m0/s1. The summed E-state index contributed by atoms with van der Waals surface area (Å²) < 4.78 is 5.55. The van der Waals surface area contributed by atoms with Gasteiger partial charge in [0.1, 0.15) is 5.75 Å². The molecule has 0 spiro atoms. The lowest BCUT2D eigenvalue weighted by Gasteiger charge is -2.19. The summed E-state index contributed by atoms with van der Waals surface area (Å²) in [6, 6.07) is 11.6. The Morgan fingerprint density at radius 1 is 0.868 bits per heavy atom. The number of ether oxygens (including phenoxy) is 1. The van der Waals surface area contributed by atoms with E-state index < -0.39 is 23.7 Å². The first-order chi connectivity index (χ1) is 18.0. The lowest BCUT2D eigenvalue weighted by Crippen LogP contribution is -2.29. The largest absolute Gasteiger partial charge is 0.426 e. The summed E-state index contributed by atoms with van der Waals surface area (Å²) in [5.74, 6) is -2.86. The Labute approximate surface area is 237 Å². The average Bonchev–Trinajstić information content (AvgIpc) is 3.38. The van der Waals surface area contributed by atoms with E-state index in [2.05, 4.69) is 0 Å². The SMILES string of the molecule is Cc1ccc(N2C[C@@H](C(=O)Oc3cccc(N4C(=O)c5c(Cl)c(Cl)c(Cl)c(Cl)c5C4=O)c3)CC2=O)c(C)c1. The number of carbonyl (C=O) groups excluding carboxylic acids is 4. The van der Waals surface area contributed by atoms with E-state index in [0.29, 0.717) is 0 Å². The summed E-state index contributed by atoms with van der Waals surface area (Å²) in [6.45, 7) is 4.05. The van der Waals surface area contributed by atoms with Gasteiger partial charge in [0, 0.05) is 24.7 Å². The van der Waals surface area contributed by atoms with Gasteiger partial charge in [0.05, 0.1) is 42.8 Å². The van der Waals surface area contributed by atoms with Crippen molar-refractivity contribution in [2.45, 2.75) is 20.3 Å². The van der Waals surface area contributed by atoms with E-state index in [-0.39, 0.29) is 61.5 Å². The number of carbonyl (C=O) groups is 4. The topological polar surface area (TPSA) is 84.0 Å². The summed E-state index contributed by atoms with van der Waals surface area (Å²) in [7, 11) is 0. The van der Waals surface area contributed by atoms with Crippen LogP contribution in [0.25, 0.3) is 0 Å². The van der Waals surface area contributed by atoms with Gasteiger partial charge in [0.2, 0.25) is 5.91 Å². The van der Waals surface area contributed by atoms with Gasteiger partial charge in [-0.3, -0.25) is 19.2 Å². The average molecular weight is 592 g/mol. The summed E-state index contributed by atoms with van der Waals surface area (Å²) in [5, 5.41) is -0.634. The smallest absolute Gasteiger partial charge is 0.316 e. The van der Waals surface area contributed by atoms with Crippen LogP contribution in [0.15, 0.2) is 42.5 Å². The van der Waals surface area contributed by atoms with Crippen molar-refractivity contribution in [1.82, 2.24) is 0 Å². The normalized spacial score (nSPS) is 16.9. The van der Waals surface area contributed by atoms with Crippen LogP contribution in [0.2, 0.25) is 20.1 Å². The molecule has 3 amide bonds. The third kappa shape index (κ3) is 4.33. The Hall–Kier alpha value is -3.10. The maximum Gasteiger partial charge on any atom is 0.316 e. The second-order valence-electron chi connectivity index (χ2n) is 9.07. The Bertz CT molecular complexity index is 1520. The zero-order valence-corrected chi connectivity index (χ0v) is 23.0. The summed E-state index contributed by atoms with van der Waals surface area (Å²) in [6.07, 6.45) is 0.00274. The Balaban J connectivity index is 1.36. The van der Waals surface area contributed by atoms with Crippen LogP contribution in [0.3, 0.4) is 0 Å². The summed E-state index contributed by atoms with van der Waals surface area (Å²) >= 11 is 24.6. The van der Waals surface area contributed by atoms with Gasteiger partial charge in [-0.25, -0.2) is 4.90 Å². The number of anilines is 2. The lowest BCUT2D eigenvalue weighted by molar-refractivity contribution is -0.139. The number of hydrogen-bond donors (Lipinski definition) is 0. The lowest BCUT2D eigenvalue weighted by atomic mass is 10.1. The van der Waals surface area contributed by atoms with E-state index in [4.69, 9.17) is 51.1 Å². The van der Waals surface area contributed by atoms with Crippen LogP contribution in [0.1, 0.15) is 38.3 Å². The number of halogens is 4. The van der Waals surface area contributed by atoms with Gasteiger partial charge < -0.3 is 9.64 Å². The van der Waals surface area contributed by atoms with Crippen LogP contribution in [-0.4, -0.2) is 30.2 Å². The van der Waals surface area contributed by atoms with Gasteiger partial charge >= 0.3 is 5.97 Å². The van der Waals surface area contributed by atoms with Crippen molar-refractivity contribution in [2.24, 2.45) is 5.92 Å². The molecule has 2 aliphatic rings. The van der Waals surface area contributed by atoms with Crippen LogP contribution in [0.5, 0.6) is 5.75 Å². The maximum atomic E-state index is 13.2. The van der Waals surface area contributed by atoms with Crippen LogP contribution in [-0.2, 0) is 9.59 Å². The number of amides is 3. The number of aryl methyl sites for hydroxylation is 2. The highest BCUT2D eigenvalue weighted by Crippen LogP contribution is 2.46. The summed E-state index contributed by atoms with van der Waals surface area (Å²) in [4.78, 5) is 54.4. The monoisotopic (exact) mass is 590 g/mol. The molecule has 0 bridgehead atoms. The number of rotatable bonds is 4. The first-order valence-corrected chi connectivity index (χ1v) is 12.9. The van der Waals surface area contributed by atoms with E-state index >= 15 is 0 Å². The highest BCUT2D eigenvalue weighted by molar-refractivity contribution is 6.56. The molecule has 2 aliphatic heterocycles. The number of imide groups is 1. The molecular weight excluding hydrogens is 574 g/mol. The molecule has 1 atom stereocenters. The third-order valence-electron chi connectivity index (χ3n) is 6.50. The van der Waals surface area contributed by atoms with Crippen molar-refractivity contribution in [3.63, 3.8) is 0 Å². The highest BCUT2D eigenvalue weighted by Gasteiger charge is 2.43. The number of nitrogens with zero attached hydrogens (tertiary/aromatic N) is 2. The molecule has 194 valence electrons. The van der Waals surface area contributed by atoms with Crippen molar-refractivity contribution >= 4 is 81.5 Å². The van der Waals surface area contributed by atoms with Crippen molar-refractivity contribution in [3.8, 4) is 5.75 Å². The van der Waals surface area contributed by atoms with Gasteiger partial charge in [0.15, 0.2) is 0 Å². The molecule has 3 aromatic carbocycles. The molecule has 1 fully saturated rings. The number of hydrogen-bond acceptors (Lipinski definition) is 5. The molecule has 11 heteroatoms. The number of benzene rings is 3. The predicted octanol–water partition coefficient (Wildman–Crippen LogP) is 6.68. The second kappa shape index (κ2) is 9.89. The molecule has 5 rings (SSSR count). The minimum absolute atomic E-state index is 0.00274. The first-order valence-electron chi connectivity index (χ1n) is 11.4. The van der Waals surface area contributed by atoms with Crippen LogP contribution < -0.4 is 14.5 Å². The predicted molar refractivity (Wildman–Crippen MR) is 146 cm³/mol. The summed E-state index contributed by atoms with van der Waals surface area (Å²) in [5.41, 5.74) is 2.57. The molecule has 0 saturated carbocycles. The fraction of sp³-hybridized carbons (Fsp3) is 0.185. The first kappa shape index (κ1) is 26.5. The molecule has 2 heterocycles. The van der Waals surface area contributed by atoms with Gasteiger partial charge in [-0.15, -0.1) is 0 Å². The molecule has 3 aromatic rings. The van der Waals surface area contributed by atoms with Crippen LogP contribution >= 0.6 is 46.4 Å². The fourth-order valence-electron chi connectivity index (χ4n) is 4.68. The molecule has 38 heavy (non-hydrogen) atoms. The molecule has 0 N–H and O–H groups in total. The van der Waals surface area contributed by atoms with E-state index in [9.17, 15) is 19.2 Å². The minimum Gasteiger partial charge on any atom is -0.426 e. The Kier molecular flexibility index (Phi) is 6.90. The van der Waals surface area contributed by atoms with E-state index in [1.54, 1.807) is 4.90 Å². The van der Waals surface area contributed by atoms with Crippen LogP contribution in [0.4, 0.5) is 11.4 Å². The Morgan fingerprint density at radius 2 is 1.50 bits per heavy atom. The third-order valence-corrected chi connectivity index (χ3v) is 8.30. The zero-order valence-electron chi connectivity index (χ0n) is 20.0. The second-order valence-corrected chi connectivity index (χ2v) is 10.6. The van der Waals surface area contributed by atoms with Gasteiger partial charge in [0.25, 0.3) is 11.8 Å². The van der Waals surface area contributed by atoms with Crippen molar-refractivity contribution in [3.05, 3.63) is 84.8 Å². The number of fused-ring (bicyclic) bond motifs is 1. The molecule has 0 aliphatic carbocycles. The molecule has 0 radical (unpaired) electrons. The van der Waals surface area contributed by atoms with Crippen molar-refractivity contribution in [1.29, 1.82) is 0 Å². The molecule has 0 unspecified atom stereocenters. The van der Waals surface area contributed by atoms with Gasteiger partial charge in [-0.1, -0.05) is 70.2 Å². The molecule has 7 nitrogen and oxygen atoms in total.